The van der Waals surface area contributed by atoms with Crippen LogP contribution in [-0.4, -0.2) is 10.2 Å². The molecule has 5 rings (SSSR count). The Hall–Kier alpha value is -3.00. The van der Waals surface area contributed by atoms with Crippen LogP contribution in [0, 0.1) is 46.7 Å². The molecule has 0 aliphatic heterocycles. The Morgan fingerprint density at radius 3 is 1.57 bits per heavy atom. The molecule has 8 heteroatoms. The van der Waals surface area contributed by atoms with Crippen molar-refractivity contribution in [1.82, 2.24) is 0 Å². The molecular formula is C34H36F6O2. The van der Waals surface area contributed by atoms with Gasteiger partial charge >= 0.3 is 0 Å². The number of halogens is 6. The lowest BCUT2D eigenvalue weighted by molar-refractivity contribution is 0.160. The molecule has 2 fully saturated rings. The normalized spacial score (nSPS) is 23.6. The van der Waals surface area contributed by atoms with Crippen LogP contribution in [0.25, 0.3) is 11.1 Å². The van der Waals surface area contributed by atoms with E-state index in [2.05, 4.69) is 0 Å². The smallest absolute Gasteiger partial charge is 0.200 e. The third kappa shape index (κ3) is 5.79. The molecule has 42 heavy (non-hydrogen) atoms. The van der Waals surface area contributed by atoms with Gasteiger partial charge in [-0.3, -0.25) is 0 Å². The van der Waals surface area contributed by atoms with Crippen molar-refractivity contribution < 1.29 is 36.6 Å². The number of hydrogen-bond donors (Lipinski definition) is 2. The highest BCUT2D eigenvalue weighted by Gasteiger charge is 2.34. The molecule has 1 unspecified atom stereocenters. The summed E-state index contributed by atoms with van der Waals surface area (Å²) in [5, 5.41) is 19.5. The van der Waals surface area contributed by atoms with Gasteiger partial charge in [0, 0.05) is 16.7 Å². The highest BCUT2D eigenvalue weighted by Crippen LogP contribution is 2.47. The van der Waals surface area contributed by atoms with Crippen LogP contribution in [0.1, 0.15) is 106 Å². The lowest BCUT2D eigenvalue weighted by atomic mass is 9.67. The summed E-state index contributed by atoms with van der Waals surface area (Å²) < 4.78 is 88.3. The number of rotatable bonds is 7. The first kappa shape index (κ1) is 30.5. The molecule has 0 bridgehead atoms. The second kappa shape index (κ2) is 12.7. The highest BCUT2D eigenvalue weighted by atomic mass is 19.2. The lowest BCUT2D eigenvalue weighted by Gasteiger charge is -2.38. The molecule has 2 aliphatic carbocycles. The monoisotopic (exact) mass is 590 g/mol. The van der Waals surface area contributed by atoms with E-state index >= 15 is 8.78 Å². The maximum Gasteiger partial charge on any atom is 0.200 e. The zero-order valence-corrected chi connectivity index (χ0v) is 23.6. The van der Waals surface area contributed by atoms with E-state index in [1.165, 1.54) is 36.4 Å². The zero-order chi connectivity index (χ0) is 30.1. The Labute approximate surface area is 242 Å². The summed E-state index contributed by atoms with van der Waals surface area (Å²) in [5.74, 6) is -7.17. The van der Waals surface area contributed by atoms with Crippen LogP contribution < -0.4 is 0 Å². The van der Waals surface area contributed by atoms with Gasteiger partial charge in [-0.05, 0) is 98.7 Å². The number of aromatic hydroxyl groups is 1. The maximum atomic E-state index is 15.3. The molecule has 0 heterocycles. The molecule has 2 nitrogen and oxygen atoms in total. The van der Waals surface area contributed by atoms with Crippen molar-refractivity contribution >= 4 is 0 Å². The van der Waals surface area contributed by atoms with Crippen LogP contribution in [-0.2, 0) is 0 Å². The first-order valence-corrected chi connectivity index (χ1v) is 14.9. The van der Waals surface area contributed by atoms with Gasteiger partial charge in [0.05, 0.1) is 6.10 Å². The fourth-order valence-electron chi connectivity index (χ4n) is 7.22. The number of phenolic OH excluding ortho intramolecular Hbond substituents is 1. The van der Waals surface area contributed by atoms with Gasteiger partial charge in [0.25, 0.3) is 0 Å². The zero-order valence-electron chi connectivity index (χ0n) is 23.6. The Bertz CT molecular complexity index is 1420. The number of hydrogen-bond acceptors (Lipinski definition) is 2. The molecule has 3 aromatic carbocycles. The first-order chi connectivity index (χ1) is 20.1. The minimum atomic E-state index is -1.32. The molecule has 0 spiro atoms. The molecule has 226 valence electrons. The summed E-state index contributed by atoms with van der Waals surface area (Å²) in [6.45, 7) is 1.80. The summed E-state index contributed by atoms with van der Waals surface area (Å²) in [4.78, 5) is 0. The van der Waals surface area contributed by atoms with Crippen molar-refractivity contribution in [3.05, 3.63) is 88.0 Å². The highest BCUT2D eigenvalue weighted by molar-refractivity contribution is 5.66. The van der Waals surface area contributed by atoms with Gasteiger partial charge in [0.15, 0.2) is 34.8 Å². The standard InChI is InChI=1S/C34H36F6O2/c1-2-3-27(41)26-15-14-25(32(38)33(26)39)24-13-12-22(29(35)31(24)37)20-8-4-18(5-9-20)19-6-10-21(11-7-19)23-16-17-28(42)34(40)30(23)36/h12-21,27,41-42H,2-11H2,1H3. The molecule has 3 aromatic rings. The van der Waals surface area contributed by atoms with Gasteiger partial charge in [-0.25, -0.2) is 22.0 Å². The Morgan fingerprint density at radius 1 is 0.595 bits per heavy atom. The van der Waals surface area contributed by atoms with Gasteiger partial charge in [-0.1, -0.05) is 43.7 Å². The summed E-state index contributed by atoms with van der Waals surface area (Å²) in [6.07, 6.45) is 5.85. The Balaban J connectivity index is 1.23. The molecule has 2 aliphatic rings. The van der Waals surface area contributed by atoms with Crippen molar-refractivity contribution in [2.24, 2.45) is 11.8 Å². The third-order valence-electron chi connectivity index (χ3n) is 9.62. The first-order valence-electron chi connectivity index (χ1n) is 14.9. The predicted molar refractivity (Wildman–Crippen MR) is 149 cm³/mol. The fourth-order valence-corrected chi connectivity index (χ4v) is 7.22. The summed E-state index contributed by atoms with van der Waals surface area (Å²) in [6, 6.07) is 7.81. The van der Waals surface area contributed by atoms with Gasteiger partial charge in [0.1, 0.15) is 0 Å². The van der Waals surface area contributed by atoms with Crippen molar-refractivity contribution in [2.75, 3.05) is 0 Å². The van der Waals surface area contributed by atoms with Crippen LogP contribution in [0.5, 0.6) is 5.75 Å². The minimum absolute atomic E-state index is 0.0980. The molecule has 0 amide bonds. The summed E-state index contributed by atoms with van der Waals surface area (Å²) >= 11 is 0. The quantitative estimate of drug-likeness (QED) is 0.269. The molecular weight excluding hydrogens is 554 g/mol. The van der Waals surface area contributed by atoms with Gasteiger partial charge in [0.2, 0.25) is 5.82 Å². The van der Waals surface area contributed by atoms with Gasteiger partial charge in [-0.15, -0.1) is 0 Å². The molecule has 0 saturated heterocycles. The van der Waals surface area contributed by atoms with Crippen LogP contribution >= 0.6 is 0 Å². The van der Waals surface area contributed by atoms with Gasteiger partial charge in [-0.2, -0.15) is 4.39 Å². The molecule has 2 saturated carbocycles. The third-order valence-corrected chi connectivity index (χ3v) is 9.62. The van der Waals surface area contributed by atoms with E-state index in [1.807, 2.05) is 0 Å². The molecule has 2 N–H and O–H groups in total. The average molecular weight is 591 g/mol. The number of benzene rings is 3. The van der Waals surface area contributed by atoms with E-state index in [0.717, 1.165) is 38.5 Å². The van der Waals surface area contributed by atoms with Crippen LogP contribution in [0.15, 0.2) is 36.4 Å². The van der Waals surface area contributed by atoms with E-state index in [0.29, 0.717) is 36.7 Å². The van der Waals surface area contributed by atoms with Crippen molar-refractivity contribution in [3.8, 4) is 16.9 Å². The lowest BCUT2D eigenvalue weighted by Crippen LogP contribution is -2.25. The van der Waals surface area contributed by atoms with E-state index < -0.39 is 52.3 Å². The van der Waals surface area contributed by atoms with Crippen LogP contribution in [0.4, 0.5) is 26.3 Å². The van der Waals surface area contributed by atoms with E-state index in [9.17, 15) is 27.8 Å². The SMILES string of the molecule is CCCC(O)c1ccc(-c2ccc(C3CCC(C4CCC(c5ccc(O)c(F)c5F)CC4)CC3)c(F)c2F)c(F)c1F. The fraction of sp³-hybridized carbons (Fsp3) is 0.471. The summed E-state index contributed by atoms with van der Waals surface area (Å²) in [7, 11) is 0. The second-order valence-corrected chi connectivity index (χ2v) is 12.0. The second-order valence-electron chi connectivity index (χ2n) is 12.0. The molecule has 0 radical (unpaired) electrons. The van der Waals surface area contributed by atoms with Crippen molar-refractivity contribution in [3.63, 3.8) is 0 Å². The van der Waals surface area contributed by atoms with Crippen LogP contribution in [0.2, 0.25) is 0 Å². The molecule has 1 atom stereocenters. The average Bonchev–Trinajstić information content (AvgIpc) is 2.99. The topological polar surface area (TPSA) is 40.5 Å². The Kier molecular flexibility index (Phi) is 9.21. The number of aliphatic hydroxyl groups excluding tert-OH is 1. The number of aliphatic hydroxyl groups is 1. The van der Waals surface area contributed by atoms with Gasteiger partial charge < -0.3 is 10.2 Å². The summed E-state index contributed by atoms with van der Waals surface area (Å²) in [5.41, 5.74) is -0.417. The number of phenols is 1. The minimum Gasteiger partial charge on any atom is -0.505 e. The van der Waals surface area contributed by atoms with Crippen molar-refractivity contribution in [1.29, 1.82) is 0 Å². The maximum absolute atomic E-state index is 15.3. The van der Waals surface area contributed by atoms with E-state index in [-0.39, 0.29) is 34.9 Å². The molecule has 0 aromatic heterocycles. The van der Waals surface area contributed by atoms with E-state index in [4.69, 9.17) is 0 Å². The largest absolute Gasteiger partial charge is 0.505 e. The van der Waals surface area contributed by atoms with Crippen molar-refractivity contribution in [2.45, 2.75) is 89.1 Å². The Morgan fingerprint density at radius 2 is 1.05 bits per heavy atom. The predicted octanol–water partition coefficient (Wildman–Crippen LogP) is 9.98. The van der Waals surface area contributed by atoms with Crippen LogP contribution in [0.3, 0.4) is 0 Å². The van der Waals surface area contributed by atoms with E-state index in [1.54, 1.807) is 6.92 Å².